The van der Waals surface area contributed by atoms with Crippen LogP contribution in [0.25, 0.3) is 22.5 Å². The fourth-order valence-electron chi connectivity index (χ4n) is 4.32. The molecule has 1 amide bonds. The summed E-state index contributed by atoms with van der Waals surface area (Å²) in [5.74, 6) is -0.426. The number of rotatable bonds is 6. The van der Waals surface area contributed by atoms with Crippen molar-refractivity contribution in [3.05, 3.63) is 96.1 Å². The Balaban J connectivity index is 1.11. The van der Waals surface area contributed by atoms with Gasteiger partial charge in [-0.1, -0.05) is 36.4 Å². The summed E-state index contributed by atoms with van der Waals surface area (Å²) in [5.41, 5.74) is 5.26. The first kappa shape index (κ1) is 22.0. The van der Waals surface area contributed by atoms with Gasteiger partial charge < -0.3 is 5.32 Å². The standard InChI is InChI=1S/C27H26FN5O/c28-23-3-1-2-21(16-23)25-9-8-22(17-29-25)27(34)31-24-11-14-33(15-12-24)18-19-4-6-20(7-5-19)26-10-13-30-32-26/h1-10,13,16-17,24H,11-12,14-15,18H2,(H,30,32)(H,31,34). The minimum absolute atomic E-state index is 0.119. The van der Waals surface area contributed by atoms with Gasteiger partial charge in [-0.25, -0.2) is 4.39 Å². The van der Waals surface area contributed by atoms with Gasteiger partial charge in [0, 0.05) is 43.6 Å². The van der Waals surface area contributed by atoms with E-state index in [1.54, 1.807) is 36.7 Å². The minimum atomic E-state index is -0.307. The highest BCUT2D eigenvalue weighted by atomic mass is 19.1. The van der Waals surface area contributed by atoms with E-state index >= 15 is 0 Å². The van der Waals surface area contributed by atoms with E-state index in [1.807, 2.05) is 6.07 Å². The van der Waals surface area contributed by atoms with Gasteiger partial charge in [0.05, 0.1) is 17.0 Å². The number of aromatic amines is 1. The molecule has 0 spiro atoms. The normalized spacial score (nSPS) is 14.7. The van der Waals surface area contributed by atoms with Crippen molar-refractivity contribution >= 4 is 5.91 Å². The van der Waals surface area contributed by atoms with Crippen LogP contribution in [0.15, 0.2) is 79.1 Å². The molecule has 1 aliphatic heterocycles. The van der Waals surface area contributed by atoms with Crippen molar-refractivity contribution in [2.45, 2.75) is 25.4 Å². The van der Waals surface area contributed by atoms with Crippen LogP contribution in [0.2, 0.25) is 0 Å². The zero-order valence-corrected chi connectivity index (χ0v) is 18.7. The van der Waals surface area contributed by atoms with E-state index in [1.165, 1.54) is 17.7 Å². The number of aromatic nitrogens is 3. The van der Waals surface area contributed by atoms with E-state index in [0.29, 0.717) is 16.8 Å². The van der Waals surface area contributed by atoms with Crippen molar-refractivity contribution in [3.63, 3.8) is 0 Å². The molecule has 1 saturated heterocycles. The third-order valence-electron chi connectivity index (χ3n) is 6.24. The fraction of sp³-hybridized carbons (Fsp3) is 0.222. The van der Waals surface area contributed by atoms with Gasteiger partial charge in [-0.15, -0.1) is 0 Å². The summed E-state index contributed by atoms with van der Waals surface area (Å²) >= 11 is 0. The van der Waals surface area contributed by atoms with E-state index < -0.39 is 0 Å². The summed E-state index contributed by atoms with van der Waals surface area (Å²) in [6, 6.07) is 20.4. The van der Waals surface area contributed by atoms with Crippen molar-refractivity contribution in [2.75, 3.05) is 13.1 Å². The Morgan fingerprint density at radius 3 is 2.53 bits per heavy atom. The molecule has 0 aliphatic carbocycles. The second-order valence-electron chi connectivity index (χ2n) is 8.63. The number of hydrogen-bond donors (Lipinski definition) is 2. The molecule has 5 rings (SSSR count). The number of carbonyl (C=O) groups excluding carboxylic acids is 1. The van der Waals surface area contributed by atoms with E-state index in [9.17, 15) is 9.18 Å². The zero-order valence-electron chi connectivity index (χ0n) is 18.7. The average molecular weight is 456 g/mol. The first-order chi connectivity index (χ1) is 16.6. The predicted octanol–water partition coefficient (Wildman–Crippen LogP) is 4.67. The lowest BCUT2D eigenvalue weighted by Crippen LogP contribution is -2.44. The quantitative estimate of drug-likeness (QED) is 0.443. The Morgan fingerprint density at radius 2 is 1.85 bits per heavy atom. The topological polar surface area (TPSA) is 73.9 Å². The van der Waals surface area contributed by atoms with Crippen LogP contribution in [0.5, 0.6) is 0 Å². The highest BCUT2D eigenvalue weighted by Gasteiger charge is 2.21. The van der Waals surface area contributed by atoms with Crippen LogP contribution >= 0.6 is 0 Å². The second kappa shape index (κ2) is 9.97. The Hall–Kier alpha value is -3.84. The number of H-pyrrole nitrogens is 1. The number of halogens is 1. The van der Waals surface area contributed by atoms with Crippen LogP contribution in [-0.2, 0) is 6.54 Å². The number of benzene rings is 2. The number of nitrogens with zero attached hydrogens (tertiary/aromatic N) is 3. The molecular formula is C27H26FN5O. The number of amides is 1. The molecule has 0 radical (unpaired) electrons. The van der Waals surface area contributed by atoms with Gasteiger partial charge in [0.1, 0.15) is 5.82 Å². The maximum absolute atomic E-state index is 13.4. The molecular weight excluding hydrogens is 429 g/mol. The summed E-state index contributed by atoms with van der Waals surface area (Å²) in [4.78, 5) is 19.4. The van der Waals surface area contributed by atoms with Crippen molar-refractivity contribution in [3.8, 4) is 22.5 Å². The lowest BCUT2D eigenvalue weighted by Gasteiger charge is -2.32. The molecule has 4 aromatic rings. The summed E-state index contributed by atoms with van der Waals surface area (Å²) in [5, 5.41) is 10.1. The number of piperidine rings is 1. The third-order valence-corrected chi connectivity index (χ3v) is 6.24. The number of carbonyl (C=O) groups is 1. The van der Waals surface area contributed by atoms with Crippen molar-refractivity contribution in [1.82, 2.24) is 25.4 Å². The van der Waals surface area contributed by atoms with Gasteiger partial charge in [-0.2, -0.15) is 5.10 Å². The largest absolute Gasteiger partial charge is 0.349 e. The number of likely N-dealkylation sites (tertiary alicyclic amines) is 1. The summed E-state index contributed by atoms with van der Waals surface area (Å²) in [7, 11) is 0. The monoisotopic (exact) mass is 455 g/mol. The Bertz CT molecular complexity index is 1230. The fourth-order valence-corrected chi connectivity index (χ4v) is 4.32. The van der Waals surface area contributed by atoms with Crippen molar-refractivity contribution in [1.29, 1.82) is 0 Å². The van der Waals surface area contributed by atoms with Crippen LogP contribution in [-0.4, -0.2) is 45.1 Å². The van der Waals surface area contributed by atoms with E-state index in [4.69, 9.17) is 0 Å². The van der Waals surface area contributed by atoms with Gasteiger partial charge in [-0.05, 0) is 54.3 Å². The average Bonchev–Trinajstić information content (AvgIpc) is 3.41. The predicted molar refractivity (Wildman–Crippen MR) is 129 cm³/mol. The highest BCUT2D eigenvalue weighted by molar-refractivity contribution is 5.94. The SMILES string of the molecule is O=C(NC1CCN(Cc2ccc(-c3ccn[nH]3)cc2)CC1)c1ccc(-c2cccc(F)c2)nc1. The van der Waals surface area contributed by atoms with Crippen molar-refractivity contribution in [2.24, 2.45) is 0 Å². The molecule has 2 aromatic heterocycles. The smallest absolute Gasteiger partial charge is 0.253 e. The minimum Gasteiger partial charge on any atom is -0.349 e. The molecule has 0 saturated carbocycles. The van der Waals surface area contributed by atoms with Crippen LogP contribution in [0, 0.1) is 5.82 Å². The number of pyridine rings is 1. The molecule has 0 unspecified atom stereocenters. The first-order valence-electron chi connectivity index (χ1n) is 11.5. The molecule has 172 valence electrons. The van der Waals surface area contributed by atoms with Crippen LogP contribution in [0.3, 0.4) is 0 Å². The Kier molecular flexibility index (Phi) is 6.44. The van der Waals surface area contributed by atoms with E-state index in [0.717, 1.165) is 43.7 Å². The summed E-state index contributed by atoms with van der Waals surface area (Å²) in [6.07, 6.45) is 5.13. The van der Waals surface area contributed by atoms with Crippen molar-refractivity contribution < 1.29 is 9.18 Å². The van der Waals surface area contributed by atoms with Gasteiger partial charge >= 0.3 is 0 Å². The second-order valence-corrected chi connectivity index (χ2v) is 8.63. The highest BCUT2D eigenvalue weighted by Crippen LogP contribution is 2.20. The number of nitrogens with one attached hydrogen (secondary N) is 2. The summed E-state index contributed by atoms with van der Waals surface area (Å²) in [6.45, 7) is 2.77. The lowest BCUT2D eigenvalue weighted by atomic mass is 10.0. The molecule has 1 fully saturated rings. The molecule has 2 N–H and O–H groups in total. The zero-order chi connectivity index (χ0) is 23.3. The maximum atomic E-state index is 13.4. The first-order valence-corrected chi connectivity index (χ1v) is 11.5. The Labute approximate surface area is 197 Å². The molecule has 6 nitrogen and oxygen atoms in total. The van der Waals surface area contributed by atoms with Gasteiger partial charge in [0.2, 0.25) is 0 Å². The Morgan fingerprint density at radius 1 is 1.03 bits per heavy atom. The maximum Gasteiger partial charge on any atom is 0.253 e. The van der Waals surface area contributed by atoms with Gasteiger partial charge in [0.15, 0.2) is 0 Å². The van der Waals surface area contributed by atoms with E-state index in [2.05, 4.69) is 49.7 Å². The van der Waals surface area contributed by atoms with Crippen LogP contribution in [0.1, 0.15) is 28.8 Å². The molecule has 1 aliphatic rings. The molecule has 2 aromatic carbocycles. The third kappa shape index (κ3) is 5.21. The molecule has 7 heteroatoms. The summed E-state index contributed by atoms with van der Waals surface area (Å²) < 4.78 is 13.4. The van der Waals surface area contributed by atoms with Crippen LogP contribution in [0.4, 0.5) is 4.39 Å². The molecule has 0 atom stereocenters. The number of hydrogen-bond acceptors (Lipinski definition) is 4. The van der Waals surface area contributed by atoms with Crippen LogP contribution < -0.4 is 5.32 Å². The lowest BCUT2D eigenvalue weighted by molar-refractivity contribution is 0.0908. The van der Waals surface area contributed by atoms with Gasteiger partial charge in [0.25, 0.3) is 5.91 Å². The van der Waals surface area contributed by atoms with E-state index in [-0.39, 0.29) is 17.8 Å². The van der Waals surface area contributed by atoms with Gasteiger partial charge in [-0.3, -0.25) is 19.8 Å². The molecule has 34 heavy (non-hydrogen) atoms. The molecule has 0 bridgehead atoms. The molecule has 3 heterocycles.